The average molecular weight is 501 g/mol. The van der Waals surface area contributed by atoms with Crippen molar-refractivity contribution in [3.8, 4) is 11.6 Å². The molecule has 1 N–H and O–H groups in total. The summed E-state index contributed by atoms with van der Waals surface area (Å²) in [7, 11) is 0. The largest absolute Gasteiger partial charge is 0.446 e. The number of nitro benzene ring substituents is 1. The van der Waals surface area contributed by atoms with Crippen molar-refractivity contribution in [2.75, 3.05) is 11.1 Å². The number of hydrogen-bond acceptors (Lipinski definition) is 7. The number of nitro groups is 1. The van der Waals surface area contributed by atoms with E-state index in [9.17, 15) is 14.9 Å². The van der Waals surface area contributed by atoms with Crippen LogP contribution in [0.25, 0.3) is 11.6 Å². The van der Waals surface area contributed by atoms with Crippen LogP contribution < -0.4 is 5.32 Å². The summed E-state index contributed by atoms with van der Waals surface area (Å²) in [6.45, 7) is 3.94. The number of nitrogens with one attached hydrogen (secondary N) is 1. The molecule has 0 radical (unpaired) electrons. The molecule has 0 aliphatic heterocycles. The van der Waals surface area contributed by atoms with Crippen LogP contribution in [0.3, 0.4) is 0 Å². The fourth-order valence-electron chi connectivity index (χ4n) is 2.48. The predicted octanol–water partition coefficient (Wildman–Crippen LogP) is 5.17. The lowest BCUT2D eigenvalue weighted by Gasteiger charge is -2.12. The number of amides is 1. The average Bonchev–Trinajstić information content (AvgIpc) is 3.27. The van der Waals surface area contributed by atoms with Gasteiger partial charge in [-0.15, -0.1) is 10.2 Å². The van der Waals surface area contributed by atoms with Crippen LogP contribution in [-0.2, 0) is 4.79 Å². The van der Waals surface area contributed by atoms with Gasteiger partial charge in [-0.05, 0) is 48.0 Å². The van der Waals surface area contributed by atoms with E-state index in [0.717, 1.165) is 0 Å². The molecule has 29 heavy (non-hydrogen) atoms. The molecule has 0 saturated heterocycles. The van der Waals surface area contributed by atoms with Gasteiger partial charge in [0.1, 0.15) is 0 Å². The molecule has 0 fully saturated rings. The van der Waals surface area contributed by atoms with Gasteiger partial charge in [-0.1, -0.05) is 23.4 Å². The summed E-state index contributed by atoms with van der Waals surface area (Å²) in [5, 5.41) is 22.6. The Morgan fingerprint density at radius 1 is 1.38 bits per heavy atom. The SMILES string of the molecule is CC(C)n1c(SCC(=O)Nc2cc([N+](=O)[O-])ccc2Cl)nnc1-c1ccc(Br)o1. The molecule has 152 valence electrons. The van der Waals surface area contributed by atoms with E-state index in [-0.39, 0.29) is 34.1 Å². The second kappa shape index (κ2) is 8.97. The van der Waals surface area contributed by atoms with Crippen molar-refractivity contribution in [3.05, 3.63) is 50.1 Å². The van der Waals surface area contributed by atoms with Crippen LogP contribution in [0.5, 0.6) is 0 Å². The fourth-order valence-corrected chi connectivity index (χ4v) is 3.82. The first kappa shape index (κ1) is 21.3. The first-order valence-electron chi connectivity index (χ1n) is 8.33. The molecule has 1 amide bonds. The second-order valence-electron chi connectivity index (χ2n) is 6.13. The molecular formula is C17H15BrClN5O4S. The summed E-state index contributed by atoms with van der Waals surface area (Å²) in [6, 6.07) is 7.42. The summed E-state index contributed by atoms with van der Waals surface area (Å²) in [5.41, 5.74) is 0.0177. The molecule has 0 aliphatic carbocycles. The minimum absolute atomic E-state index is 0.0196. The number of thioether (sulfide) groups is 1. The summed E-state index contributed by atoms with van der Waals surface area (Å²) < 4.78 is 8.00. The van der Waals surface area contributed by atoms with Crippen molar-refractivity contribution < 1.29 is 14.1 Å². The number of halogens is 2. The summed E-state index contributed by atoms with van der Waals surface area (Å²) >= 11 is 10.5. The predicted molar refractivity (Wildman–Crippen MR) is 113 cm³/mol. The minimum atomic E-state index is -0.555. The van der Waals surface area contributed by atoms with Gasteiger partial charge in [-0.25, -0.2) is 0 Å². The molecule has 0 atom stereocenters. The maximum absolute atomic E-state index is 12.3. The normalized spacial score (nSPS) is 11.1. The van der Waals surface area contributed by atoms with Crippen molar-refractivity contribution in [1.29, 1.82) is 0 Å². The molecule has 9 nitrogen and oxygen atoms in total. The first-order valence-corrected chi connectivity index (χ1v) is 10.5. The van der Waals surface area contributed by atoms with Gasteiger partial charge in [0.2, 0.25) is 11.7 Å². The zero-order valence-electron chi connectivity index (χ0n) is 15.3. The second-order valence-corrected chi connectivity index (χ2v) is 8.26. The van der Waals surface area contributed by atoms with Crippen molar-refractivity contribution in [2.24, 2.45) is 0 Å². The van der Waals surface area contributed by atoms with E-state index in [1.165, 1.54) is 30.0 Å². The van der Waals surface area contributed by atoms with Crippen LogP contribution in [0.4, 0.5) is 11.4 Å². The number of anilines is 1. The van der Waals surface area contributed by atoms with E-state index >= 15 is 0 Å². The van der Waals surface area contributed by atoms with Gasteiger partial charge in [0.25, 0.3) is 5.69 Å². The van der Waals surface area contributed by atoms with Gasteiger partial charge < -0.3 is 9.73 Å². The molecule has 0 spiro atoms. The lowest BCUT2D eigenvalue weighted by molar-refractivity contribution is -0.384. The Labute approximate surface area is 183 Å². The van der Waals surface area contributed by atoms with Crippen molar-refractivity contribution in [1.82, 2.24) is 14.8 Å². The smallest absolute Gasteiger partial charge is 0.271 e. The molecule has 3 rings (SSSR count). The van der Waals surface area contributed by atoms with Gasteiger partial charge in [0.15, 0.2) is 15.6 Å². The number of carbonyl (C=O) groups excluding carboxylic acids is 1. The Hall–Kier alpha value is -2.37. The third kappa shape index (κ3) is 4.98. The van der Waals surface area contributed by atoms with Gasteiger partial charge >= 0.3 is 0 Å². The quantitative estimate of drug-likeness (QED) is 0.270. The molecule has 0 bridgehead atoms. The molecule has 0 aliphatic rings. The number of furan rings is 1. The number of benzene rings is 1. The van der Waals surface area contributed by atoms with Gasteiger partial charge in [-0.3, -0.25) is 19.5 Å². The third-order valence-electron chi connectivity index (χ3n) is 3.74. The van der Waals surface area contributed by atoms with Crippen LogP contribution in [0, 0.1) is 10.1 Å². The van der Waals surface area contributed by atoms with E-state index < -0.39 is 4.92 Å². The third-order valence-corrected chi connectivity index (χ3v) is 5.44. The molecule has 12 heteroatoms. The molecule has 0 unspecified atom stereocenters. The van der Waals surface area contributed by atoms with E-state index in [4.69, 9.17) is 16.0 Å². The molecular weight excluding hydrogens is 486 g/mol. The summed E-state index contributed by atoms with van der Waals surface area (Å²) in [6.07, 6.45) is 0. The lowest BCUT2D eigenvalue weighted by atomic mass is 10.3. The molecule has 2 aromatic heterocycles. The Morgan fingerprint density at radius 2 is 2.14 bits per heavy atom. The standard InChI is InChI=1S/C17H15BrClN5O4S/c1-9(2)23-16(13-5-6-14(18)28-13)21-22-17(23)29-8-15(25)20-12-7-10(24(26)27)3-4-11(12)19/h3-7,9H,8H2,1-2H3,(H,20,25). The highest BCUT2D eigenvalue weighted by atomic mass is 79.9. The zero-order chi connectivity index (χ0) is 21.1. The monoisotopic (exact) mass is 499 g/mol. The molecule has 3 aromatic rings. The molecule has 1 aromatic carbocycles. The Bertz CT molecular complexity index is 1070. The fraction of sp³-hybridized carbons (Fsp3) is 0.235. The van der Waals surface area contributed by atoms with Crippen LogP contribution >= 0.6 is 39.3 Å². The Morgan fingerprint density at radius 3 is 2.76 bits per heavy atom. The highest BCUT2D eigenvalue weighted by molar-refractivity contribution is 9.10. The molecule has 2 heterocycles. The number of hydrogen-bond donors (Lipinski definition) is 1. The number of non-ortho nitro benzene ring substituents is 1. The van der Waals surface area contributed by atoms with Gasteiger partial charge in [0.05, 0.1) is 21.4 Å². The van der Waals surface area contributed by atoms with Crippen molar-refractivity contribution in [2.45, 2.75) is 25.0 Å². The van der Waals surface area contributed by atoms with E-state index in [1.807, 2.05) is 18.4 Å². The molecule has 0 saturated carbocycles. The van der Waals surface area contributed by atoms with Gasteiger partial charge in [-0.2, -0.15) is 0 Å². The lowest BCUT2D eigenvalue weighted by Crippen LogP contribution is -2.15. The topological polar surface area (TPSA) is 116 Å². The van der Waals surface area contributed by atoms with E-state index in [2.05, 4.69) is 31.4 Å². The number of aromatic nitrogens is 3. The number of rotatable bonds is 7. The summed E-state index contributed by atoms with van der Waals surface area (Å²) in [5.74, 6) is 0.747. The first-order chi connectivity index (χ1) is 13.8. The van der Waals surface area contributed by atoms with Gasteiger partial charge in [0, 0.05) is 18.2 Å². The minimum Gasteiger partial charge on any atom is -0.446 e. The van der Waals surface area contributed by atoms with Crippen molar-refractivity contribution in [3.63, 3.8) is 0 Å². The van der Waals surface area contributed by atoms with E-state index in [0.29, 0.717) is 21.4 Å². The van der Waals surface area contributed by atoms with Crippen LogP contribution in [0.15, 0.2) is 44.6 Å². The van der Waals surface area contributed by atoms with Crippen molar-refractivity contribution >= 4 is 56.6 Å². The highest BCUT2D eigenvalue weighted by Gasteiger charge is 2.20. The van der Waals surface area contributed by atoms with E-state index in [1.54, 1.807) is 12.1 Å². The zero-order valence-corrected chi connectivity index (χ0v) is 18.4. The van der Waals surface area contributed by atoms with Crippen LogP contribution in [0.1, 0.15) is 19.9 Å². The highest BCUT2D eigenvalue weighted by Crippen LogP contribution is 2.31. The Kier molecular flexibility index (Phi) is 6.60. The van der Waals surface area contributed by atoms with Crippen LogP contribution in [0.2, 0.25) is 5.02 Å². The summed E-state index contributed by atoms with van der Waals surface area (Å²) in [4.78, 5) is 22.7. The number of nitrogens with zero attached hydrogens (tertiary/aromatic N) is 4. The number of carbonyl (C=O) groups is 1. The van der Waals surface area contributed by atoms with Crippen LogP contribution in [-0.4, -0.2) is 31.3 Å². The Balaban J connectivity index is 1.73. The maximum atomic E-state index is 12.3. The maximum Gasteiger partial charge on any atom is 0.271 e.